The molecule has 0 aliphatic carbocycles. The Morgan fingerprint density at radius 2 is 1.77 bits per heavy atom. The van der Waals surface area contributed by atoms with Gasteiger partial charge >= 0.3 is 5.97 Å². The van der Waals surface area contributed by atoms with Gasteiger partial charge in [0.05, 0.1) is 30.0 Å². The predicted molar refractivity (Wildman–Crippen MR) is 152 cm³/mol. The molecule has 1 aromatic heterocycles. The molecule has 1 saturated heterocycles. The smallest absolute Gasteiger partial charge is 0.338 e. The molecule has 4 rings (SSSR count). The number of ether oxygens (including phenoxy) is 2. The van der Waals surface area contributed by atoms with Crippen molar-refractivity contribution >= 4 is 29.1 Å². The fraction of sp³-hybridized carbons (Fsp3) is 0.312. The zero-order valence-corrected chi connectivity index (χ0v) is 23.4. The van der Waals surface area contributed by atoms with Crippen molar-refractivity contribution in [2.75, 3.05) is 18.1 Å². The van der Waals surface area contributed by atoms with E-state index in [0.29, 0.717) is 35.7 Å². The van der Waals surface area contributed by atoms with E-state index in [1.54, 1.807) is 60.8 Å². The maximum atomic E-state index is 13.5. The molecule has 8 nitrogen and oxygen atoms in total. The molecule has 1 aliphatic heterocycles. The first-order valence-electron chi connectivity index (χ1n) is 13.3. The highest BCUT2D eigenvalue weighted by atomic mass is 16.5. The summed E-state index contributed by atoms with van der Waals surface area (Å²) in [5, 5.41) is 11.6. The van der Waals surface area contributed by atoms with Crippen molar-refractivity contribution in [1.82, 2.24) is 4.98 Å². The predicted octanol–water partition coefficient (Wildman–Crippen LogP) is 5.97. The van der Waals surface area contributed by atoms with Crippen LogP contribution < -0.4 is 9.64 Å². The van der Waals surface area contributed by atoms with Gasteiger partial charge in [0.15, 0.2) is 0 Å². The molecule has 1 atom stereocenters. The minimum atomic E-state index is -1.02. The van der Waals surface area contributed by atoms with Crippen LogP contribution in [0.15, 0.2) is 72.4 Å². The van der Waals surface area contributed by atoms with Gasteiger partial charge in [-0.25, -0.2) is 4.79 Å². The molecule has 3 aromatic rings. The molecule has 8 heteroatoms. The van der Waals surface area contributed by atoms with Gasteiger partial charge in [0.25, 0.3) is 11.7 Å². The van der Waals surface area contributed by atoms with Gasteiger partial charge in [-0.3, -0.25) is 19.5 Å². The Labute approximate surface area is 234 Å². The molecule has 2 aromatic carbocycles. The van der Waals surface area contributed by atoms with Crippen LogP contribution in [0.3, 0.4) is 0 Å². The van der Waals surface area contributed by atoms with Crippen LogP contribution in [-0.4, -0.2) is 41.0 Å². The Morgan fingerprint density at radius 1 is 1.00 bits per heavy atom. The lowest BCUT2D eigenvalue weighted by molar-refractivity contribution is -0.132. The van der Waals surface area contributed by atoms with E-state index in [-0.39, 0.29) is 28.9 Å². The van der Waals surface area contributed by atoms with E-state index >= 15 is 0 Å². The molecule has 208 valence electrons. The Hall–Kier alpha value is -4.46. The third kappa shape index (κ3) is 5.61. The Kier molecular flexibility index (Phi) is 8.38. The lowest BCUT2D eigenvalue weighted by Crippen LogP contribution is -2.30. The highest BCUT2D eigenvalue weighted by Gasteiger charge is 2.47. The Bertz CT molecular complexity index is 1460. The standard InChI is InChI=1S/C32H34N2O6/c1-6-17-40-31(38)21-11-10-12-22(18-21)34-27(24-13-8-9-16-33-24)26(29(36)30(34)37)28(35)20-14-15-25(39-7-2)23(19-20)32(3,4)5/h8-16,18-19,27,35H,6-7,17H2,1-5H3/b28-26-. The highest BCUT2D eigenvalue weighted by Crippen LogP contribution is 2.42. The molecule has 0 radical (unpaired) electrons. The van der Waals surface area contributed by atoms with Crippen LogP contribution in [0.5, 0.6) is 5.75 Å². The molecule has 1 amide bonds. The summed E-state index contributed by atoms with van der Waals surface area (Å²) in [7, 11) is 0. The van der Waals surface area contributed by atoms with Crippen molar-refractivity contribution in [2.45, 2.75) is 52.5 Å². The van der Waals surface area contributed by atoms with Crippen molar-refractivity contribution in [1.29, 1.82) is 0 Å². The molecule has 1 unspecified atom stereocenters. The number of Topliss-reactive ketones (excluding diaryl/α,β-unsaturated/α-hetero) is 1. The number of anilines is 1. The number of aliphatic hydroxyl groups is 1. The van der Waals surface area contributed by atoms with Crippen molar-refractivity contribution in [3.63, 3.8) is 0 Å². The van der Waals surface area contributed by atoms with Gasteiger partial charge < -0.3 is 14.6 Å². The van der Waals surface area contributed by atoms with Gasteiger partial charge in [-0.05, 0) is 67.3 Å². The number of pyridine rings is 1. The van der Waals surface area contributed by atoms with E-state index in [2.05, 4.69) is 4.98 Å². The van der Waals surface area contributed by atoms with Crippen LogP contribution >= 0.6 is 0 Å². The lowest BCUT2D eigenvalue weighted by Gasteiger charge is -2.25. The first-order valence-corrected chi connectivity index (χ1v) is 13.3. The summed E-state index contributed by atoms with van der Waals surface area (Å²) in [6.45, 7) is 10.6. The number of hydrogen-bond donors (Lipinski definition) is 1. The molecule has 1 N–H and O–H groups in total. The molecule has 0 saturated carbocycles. The summed E-state index contributed by atoms with van der Waals surface area (Å²) in [5.41, 5.74) is 1.76. The Balaban J connectivity index is 1.89. The summed E-state index contributed by atoms with van der Waals surface area (Å²) >= 11 is 0. The maximum Gasteiger partial charge on any atom is 0.338 e. The summed E-state index contributed by atoms with van der Waals surface area (Å²) < 4.78 is 11.1. The van der Waals surface area contributed by atoms with Crippen LogP contribution in [0.1, 0.15) is 74.3 Å². The van der Waals surface area contributed by atoms with Gasteiger partial charge in [-0.15, -0.1) is 0 Å². The molecule has 0 spiro atoms. The third-order valence-electron chi connectivity index (χ3n) is 6.57. The topological polar surface area (TPSA) is 106 Å². The minimum absolute atomic E-state index is 0.0910. The molecular weight excluding hydrogens is 508 g/mol. The first-order chi connectivity index (χ1) is 19.1. The fourth-order valence-electron chi connectivity index (χ4n) is 4.68. The number of carbonyl (C=O) groups is 3. The second-order valence-electron chi connectivity index (χ2n) is 10.5. The zero-order valence-electron chi connectivity index (χ0n) is 23.4. The second kappa shape index (κ2) is 11.7. The average molecular weight is 543 g/mol. The van der Waals surface area contributed by atoms with Crippen molar-refractivity contribution < 1.29 is 29.0 Å². The van der Waals surface area contributed by atoms with Crippen LogP contribution in [0.4, 0.5) is 5.69 Å². The van der Waals surface area contributed by atoms with Gasteiger partial charge in [0.1, 0.15) is 17.6 Å². The summed E-state index contributed by atoms with van der Waals surface area (Å²) in [6, 6.07) is 15.7. The lowest BCUT2D eigenvalue weighted by atomic mass is 9.84. The summed E-state index contributed by atoms with van der Waals surface area (Å²) in [5.74, 6) is -1.85. The third-order valence-corrected chi connectivity index (χ3v) is 6.57. The monoisotopic (exact) mass is 542 g/mol. The highest BCUT2D eigenvalue weighted by molar-refractivity contribution is 6.51. The second-order valence-corrected chi connectivity index (χ2v) is 10.5. The van der Waals surface area contributed by atoms with E-state index in [9.17, 15) is 19.5 Å². The molecule has 1 fully saturated rings. The van der Waals surface area contributed by atoms with Gasteiger partial charge in [0, 0.05) is 23.0 Å². The van der Waals surface area contributed by atoms with Crippen molar-refractivity contribution in [3.8, 4) is 5.75 Å². The average Bonchev–Trinajstić information content (AvgIpc) is 3.21. The number of nitrogens with zero attached hydrogens (tertiary/aromatic N) is 2. The number of carbonyl (C=O) groups excluding carboxylic acids is 3. The van der Waals surface area contributed by atoms with Gasteiger partial charge in [0.2, 0.25) is 0 Å². The van der Waals surface area contributed by atoms with Crippen LogP contribution in [0.2, 0.25) is 0 Å². The van der Waals surface area contributed by atoms with Crippen LogP contribution in [0.25, 0.3) is 5.76 Å². The molecule has 40 heavy (non-hydrogen) atoms. The number of esters is 1. The SMILES string of the molecule is CCCOC(=O)c1cccc(N2C(=O)C(=O)/C(=C(\O)c3ccc(OCC)c(C(C)(C)C)c3)C2c2ccccn2)c1. The van der Waals surface area contributed by atoms with E-state index in [1.165, 1.54) is 11.0 Å². The van der Waals surface area contributed by atoms with Gasteiger partial charge in [-0.2, -0.15) is 0 Å². The van der Waals surface area contributed by atoms with E-state index in [4.69, 9.17) is 9.47 Å². The molecule has 0 bridgehead atoms. The molecular formula is C32H34N2O6. The molecule has 1 aliphatic rings. The summed E-state index contributed by atoms with van der Waals surface area (Å²) in [4.78, 5) is 45.3. The number of hydrogen-bond acceptors (Lipinski definition) is 7. The number of rotatable bonds is 8. The van der Waals surface area contributed by atoms with E-state index < -0.39 is 23.7 Å². The normalized spacial score (nSPS) is 16.7. The van der Waals surface area contributed by atoms with Gasteiger partial charge in [-0.1, -0.05) is 39.8 Å². The summed E-state index contributed by atoms with van der Waals surface area (Å²) in [6.07, 6.45) is 2.23. The van der Waals surface area contributed by atoms with Crippen molar-refractivity contribution in [2.24, 2.45) is 0 Å². The number of benzene rings is 2. The van der Waals surface area contributed by atoms with E-state index in [0.717, 1.165) is 5.56 Å². The number of aliphatic hydroxyl groups excluding tert-OH is 1. The first kappa shape index (κ1) is 28.5. The fourth-order valence-corrected chi connectivity index (χ4v) is 4.68. The largest absolute Gasteiger partial charge is 0.507 e. The molecule has 2 heterocycles. The maximum absolute atomic E-state index is 13.5. The number of ketones is 1. The number of aromatic nitrogens is 1. The quantitative estimate of drug-likeness (QED) is 0.162. The van der Waals surface area contributed by atoms with Crippen LogP contribution in [0, 0.1) is 0 Å². The van der Waals surface area contributed by atoms with Crippen LogP contribution in [-0.2, 0) is 19.7 Å². The minimum Gasteiger partial charge on any atom is -0.507 e. The van der Waals surface area contributed by atoms with Crippen molar-refractivity contribution in [3.05, 3.63) is 94.8 Å². The Morgan fingerprint density at radius 3 is 2.42 bits per heavy atom. The zero-order chi connectivity index (χ0) is 29.0. The number of amides is 1. The van der Waals surface area contributed by atoms with E-state index in [1.807, 2.05) is 34.6 Å².